The predicted octanol–water partition coefficient (Wildman–Crippen LogP) is 5.65. The molecule has 0 aliphatic carbocycles. The zero-order valence-corrected chi connectivity index (χ0v) is 20.5. The Balaban J connectivity index is 1.71. The highest BCUT2D eigenvalue weighted by atomic mass is 35.5. The zero-order valence-electron chi connectivity index (χ0n) is 18.9. The third-order valence-corrected chi connectivity index (χ3v) is 7.55. The molecule has 0 spiro atoms. The van der Waals surface area contributed by atoms with Gasteiger partial charge in [0.05, 0.1) is 17.0 Å². The van der Waals surface area contributed by atoms with Crippen molar-refractivity contribution in [1.82, 2.24) is 10.1 Å². The number of ether oxygens (including phenoxy) is 1. The van der Waals surface area contributed by atoms with Crippen molar-refractivity contribution in [2.24, 2.45) is 0 Å². The van der Waals surface area contributed by atoms with Crippen LogP contribution in [0.15, 0.2) is 87.2 Å². The summed E-state index contributed by atoms with van der Waals surface area (Å²) < 4.78 is 66.8. The molecule has 0 amide bonds. The molecule has 1 N–H and O–H groups in total. The van der Waals surface area contributed by atoms with Crippen molar-refractivity contribution >= 4 is 44.0 Å². The molecule has 0 saturated carbocycles. The van der Waals surface area contributed by atoms with Gasteiger partial charge in [0.1, 0.15) is 29.3 Å². The number of anilines is 2. The van der Waals surface area contributed by atoms with Crippen LogP contribution >= 0.6 is 11.6 Å². The lowest BCUT2D eigenvalue weighted by atomic mass is 10.0. The number of hydrogen-bond donors (Lipinski definition) is 1. The molecule has 0 unspecified atom stereocenters. The Morgan fingerprint density at radius 2 is 1.76 bits per heavy atom. The van der Waals surface area contributed by atoms with Crippen molar-refractivity contribution in [3.8, 4) is 16.9 Å². The first-order valence-corrected chi connectivity index (χ1v) is 12.4. The number of nitrogens with one attached hydrogen (secondary N) is 1. The van der Waals surface area contributed by atoms with Gasteiger partial charge in [0, 0.05) is 29.3 Å². The zero-order chi connectivity index (χ0) is 26.3. The summed E-state index contributed by atoms with van der Waals surface area (Å²) in [6.07, 6.45) is 1.20. The number of rotatable bonds is 6. The number of benzene rings is 3. The number of hydrogen-bond acceptors (Lipinski definition) is 6. The maximum Gasteiger partial charge on any atom is 0.270 e. The first kappa shape index (κ1) is 24.5. The van der Waals surface area contributed by atoms with Gasteiger partial charge in [-0.15, -0.1) is 0 Å². The Labute approximate surface area is 213 Å². The van der Waals surface area contributed by atoms with Gasteiger partial charge in [0.2, 0.25) is 5.56 Å². The Bertz CT molecular complexity index is 1790. The quantitative estimate of drug-likeness (QED) is 0.297. The van der Waals surface area contributed by atoms with Crippen molar-refractivity contribution in [3.05, 3.63) is 100 Å². The Morgan fingerprint density at radius 3 is 2.43 bits per heavy atom. The van der Waals surface area contributed by atoms with E-state index in [1.54, 1.807) is 0 Å². The van der Waals surface area contributed by atoms with Crippen LogP contribution in [0.4, 0.5) is 20.3 Å². The minimum atomic E-state index is -4.36. The summed E-state index contributed by atoms with van der Waals surface area (Å²) in [6, 6.07) is 13.9. The van der Waals surface area contributed by atoms with Gasteiger partial charge >= 0.3 is 0 Å². The maximum atomic E-state index is 13.9. The number of nitrogens with zero attached hydrogens (tertiary/aromatic N) is 2. The number of H-pyrrole nitrogens is 1. The molecule has 0 atom stereocenters. The predicted molar refractivity (Wildman–Crippen MR) is 134 cm³/mol. The summed E-state index contributed by atoms with van der Waals surface area (Å²) in [7, 11) is -3.05. The Morgan fingerprint density at radius 1 is 1.00 bits per heavy atom. The van der Waals surface area contributed by atoms with Gasteiger partial charge in [0.25, 0.3) is 10.0 Å². The molecular formula is C25H16ClF2N3O5S. The third-order valence-electron chi connectivity index (χ3n) is 5.53. The molecule has 37 heavy (non-hydrogen) atoms. The topological polar surface area (TPSA) is 106 Å². The van der Waals surface area contributed by atoms with Crippen LogP contribution in [0, 0.1) is 11.6 Å². The lowest BCUT2D eigenvalue weighted by Crippen LogP contribution is -2.27. The van der Waals surface area contributed by atoms with Gasteiger partial charge in [-0.05, 0) is 59.5 Å². The van der Waals surface area contributed by atoms with Crippen molar-refractivity contribution in [3.63, 3.8) is 0 Å². The number of fused-ring (bicyclic) bond motifs is 1. The van der Waals surface area contributed by atoms with Crippen LogP contribution in [-0.4, -0.2) is 25.7 Å². The van der Waals surface area contributed by atoms with E-state index in [9.17, 15) is 22.0 Å². The highest BCUT2D eigenvalue weighted by Crippen LogP contribution is 2.43. The van der Waals surface area contributed by atoms with E-state index < -0.39 is 21.7 Å². The van der Waals surface area contributed by atoms with Crippen LogP contribution in [-0.2, 0) is 10.0 Å². The summed E-state index contributed by atoms with van der Waals surface area (Å²) in [5.74, 6) is -1.68. The molecule has 8 nitrogen and oxygen atoms in total. The van der Waals surface area contributed by atoms with Crippen LogP contribution in [0.5, 0.6) is 5.75 Å². The molecule has 2 heterocycles. The van der Waals surface area contributed by atoms with E-state index in [2.05, 4.69) is 10.1 Å². The second-order valence-corrected chi connectivity index (χ2v) is 10.1. The molecule has 0 bridgehead atoms. The average molecular weight is 544 g/mol. The van der Waals surface area contributed by atoms with Crippen molar-refractivity contribution < 1.29 is 26.5 Å². The molecule has 0 saturated heterocycles. The number of aromatic amines is 1. The Hall–Kier alpha value is -4.22. The first-order chi connectivity index (χ1) is 17.7. The SMILES string of the molecule is COc1cc(-c2cc(F)cc(F)c2)c(Cl)cc1N(c1ccon1)S(=O)(=O)c1ccc2[nH]c(=O)ccc2c1. The lowest BCUT2D eigenvalue weighted by molar-refractivity contribution is 0.414. The molecule has 12 heteroatoms. The normalized spacial score (nSPS) is 11.6. The summed E-state index contributed by atoms with van der Waals surface area (Å²) in [5, 5.41) is 4.28. The van der Waals surface area contributed by atoms with Gasteiger partial charge < -0.3 is 14.2 Å². The number of aromatic nitrogens is 2. The van der Waals surface area contributed by atoms with Gasteiger partial charge in [-0.1, -0.05) is 16.8 Å². The molecule has 0 fully saturated rings. The standard InChI is InChI=1S/C25H16ClF2N3O5S/c1-35-23-12-19(15-8-16(27)11-17(28)9-15)20(26)13-22(23)31(24-6-7-36-30-24)37(33,34)18-3-4-21-14(10-18)2-5-25(32)29-21/h2-13H,1H3,(H,29,32). The van der Waals surface area contributed by atoms with Crippen molar-refractivity contribution in [2.45, 2.75) is 4.90 Å². The minimum absolute atomic E-state index is 0.000538. The van der Waals surface area contributed by atoms with E-state index >= 15 is 0 Å². The highest BCUT2D eigenvalue weighted by molar-refractivity contribution is 7.93. The molecule has 0 aliphatic heterocycles. The monoisotopic (exact) mass is 543 g/mol. The Kier molecular flexibility index (Phi) is 6.18. The van der Waals surface area contributed by atoms with E-state index in [0.717, 1.165) is 22.5 Å². The van der Waals surface area contributed by atoms with Crippen LogP contribution in [0.2, 0.25) is 5.02 Å². The minimum Gasteiger partial charge on any atom is -0.495 e. The van der Waals surface area contributed by atoms with Crippen LogP contribution in [0.25, 0.3) is 22.0 Å². The van der Waals surface area contributed by atoms with Crippen molar-refractivity contribution in [1.29, 1.82) is 0 Å². The average Bonchev–Trinajstić information content (AvgIpc) is 3.37. The smallest absolute Gasteiger partial charge is 0.270 e. The molecule has 0 aliphatic rings. The van der Waals surface area contributed by atoms with E-state index in [1.165, 1.54) is 61.9 Å². The molecule has 3 aromatic carbocycles. The van der Waals surface area contributed by atoms with Gasteiger partial charge in [0.15, 0.2) is 5.82 Å². The lowest BCUT2D eigenvalue weighted by Gasteiger charge is -2.24. The summed E-state index contributed by atoms with van der Waals surface area (Å²) in [4.78, 5) is 14.1. The van der Waals surface area contributed by atoms with Gasteiger partial charge in [-0.25, -0.2) is 21.5 Å². The fourth-order valence-electron chi connectivity index (χ4n) is 3.88. The molecule has 188 valence electrons. The van der Waals surface area contributed by atoms with E-state index in [1.807, 2.05) is 0 Å². The fraction of sp³-hybridized carbons (Fsp3) is 0.0400. The summed E-state index contributed by atoms with van der Waals surface area (Å²) >= 11 is 6.49. The molecule has 0 radical (unpaired) electrons. The van der Waals surface area contributed by atoms with Gasteiger partial charge in [-0.2, -0.15) is 0 Å². The third kappa shape index (κ3) is 4.54. The first-order valence-electron chi connectivity index (χ1n) is 10.6. The summed E-state index contributed by atoms with van der Waals surface area (Å²) in [5.41, 5.74) is 0.444. The highest BCUT2D eigenvalue weighted by Gasteiger charge is 2.32. The number of methoxy groups -OCH3 is 1. The number of sulfonamides is 1. The van der Waals surface area contributed by atoms with E-state index in [0.29, 0.717) is 10.9 Å². The van der Waals surface area contributed by atoms with E-state index in [4.69, 9.17) is 20.9 Å². The fourth-order valence-corrected chi connectivity index (χ4v) is 5.62. The number of halogens is 3. The second-order valence-electron chi connectivity index (χ2n) is 7.86. The largest absolute Gasteiger partial charge is 0.495 e. The maximum absolute atomic E-state index is 13.9. The van der Waals surface area contributed by atoms with Crippen LogP contribution < -0.4 is 14.6 Å². The van der Waals surface area contributed by atoms with Crippen LogP contribution in [0.1, 0.15) is 0 Å². The van der Waals surface area contributed by atoms with Crippen molar-refractivity contribution in [2.75, 3.05) is 11.4 Å². The molecule has 5 rings (SSSR count). The molecule has 2 aromatic heterocycles. The molecular weight excluding hydrogens is 528 g/mol. The van der Waals surface area contributed by atoms with Crippen LogP contribution in [0.3, 0.4) is 0 Å². The molecule has 5 aromatic rings. The summed E-state index contributed by atoms with van der Waals surface area (Å²) in [6.45, 7) is 0. The van der Waals surface area contributed by atoms with Gasteiger partial charge in [-0.3, -0.25) is 4.79 Å². The second kappa shape index (κ2) is 9.34. The number of pyridine rings is 1. The van der Waals surface area contributed by atoms with E-state index in [-0.39, 0.29) is 43.9 Å².